The predicted molar refractivity (Wildman–Crippen MR) is 151 cm³/mol. The number of aromatic nitrogens is 2. The van der Waals surface area contributed by atoms with Crippen LogP contribution in [0.5, 0.6) is 5.88 Å². The largest absolute Gasteiger partial charge is 0.475 e. The average Bonchev–Trinajstić information content (AvgIpc) is 3.30. The number of ether oxygens (including phenoxy) is 3. The maximum atomic E-state index is 13.8. The molecule has 42 heavy (non-hydrogen) atoms. The first kappa shape index (κ1) is 28.5. The summed E-state index contributed by atoms with van der Waals surface area (Å²) in [6.07, 6.45) is -1.64. The van der Waals surface area contributed by atoms with Gasteiger partial charge >= 0.3 is 12.2 Å². The molecule has 2 amide bonds. The molecule has 5 heterocycles. The van der Waals surface area contributed by atoms with Crippen LogP contribution in [-0.2, 0) is 15.7 Å². The SMILES string of the molecule is CC1(C)OC[C@H](COc2cc(NC(=O)N3c4nc(-c5cccc(C(F)(F)F)c5)c(Cl)cc4N4CCC[C@H]3C4)ccn2)O1. The molecule has 6 rings (SSSR count). The quantitative estimate of drug-likeness (QED) is 0.363. The molecular formula is C29H29ClF3N5O4. The molecule has 0 saturated carbocycles. The first-order valence-corrected chi connectivity index (χ1v) is 14.0. The van der Waals surface area contributed by atoms with Crippen LogP contribution < -0.4 is 19.9 Å². The number of nitrogens with one attached hydrogen (secondary N) is 1. The smallest absolute Gasteiger partial charge is 0.416 e. The van der Waals surface area contributed by atoms with E-state index < -0.39 is 23.6 Å². The van der Waals surface area contributed by atoms with Gasteiger partial charge in [-0.2, -0.15) is 13.2 Å². The number of urea groups is 1. The van der Waals surface area contributed by atoms with Gasteiger partial charge in [-0.25, -0.2) is 14.8 Å². The van der Waals surface area contributed by atoms with Crippen LogP contribution in [0.25, 0.3) is 11.3 Å². The molecule has 13 heteroatoms. The van der Waals surface area contributed by atoms with Gasteiger partial charge in [0.2, 0.25) is 5.88 Å². The normalized spacial score (nSPS) is 21.2. The van der Waals surface area contributed by atoms with Gasteiger partial charge < -0.3 is 24.4 Å². The monoisotopic (exact) mass is 603 g/mol. The van der Waals surface area contributed by atoms with Crippen molar-refractivity contribution in [3.8, 4) is 17.1 Å². The molecule has 9 nitrogen and oxygen atoms in total. The second kappa shape index (κ2) is 10.9. The Bertz CT molecular complexity index is 1500. The van der Waals surface area contributed by atoms with Crippen LogP contribution in [0.1, 0.15) is 32.3 Å². The summed E-state index contributed by atoms with van der Waals surface area (Å²) < 4.78 is 57.4. The van der Waals surface area contributed by atoms with Crippen molar-refractivity contribution < 1.29 is 32.2 Å². The molecule has 3 aliphatic heterocycles. The van der Waals surface area contributed by atoms with E-state index >= 15 is 0 Å². The van der Waals surface area contributed by atoms with Crippen molar-refractivity contribution in [2.75, 3.05) is 41.4 Å². The number of piperidine rings is 1. The van der Waals surface area contributed by atoms with Crippen molar-refractivity contribution in [3.05, 3.63) is 59.2 Å². The number of carbonyl (C=O) groups is 1. The van der Waals surface area contributed by atoms with Crippen LogP contribution in [0.4, 0.5) is 35.2 Å². The number of anilines is 3. The number of nitrogens with zero attached hydrogens (tertiary/aromatic N) is 4. The van der Waals surface area contributed by atoms with Gasteiger partial charge in [0, 0.05) is 36.6 Å². The van der Waals surface area contributed by atoms with Crippen molar-refractivity contribution in [1.29, 1.82) is 0 Å². The fraction of sp³-hybridized carbons (Fsp3) is 0.414. The second-order valence-electron chi connectivity index (χ2n) is 10.9. The molecule has 0 spiro atoms. The molecule has 2 saturated heterocycles. The maximum Gasteiger partial charge on any atom is 0.416 e. The zero-order valence-corrected chi connectivity index (χ0v) is 23.7. The first-order valence-electron chi connectivity index (χ1n) is 13.6. The molecule has 3 aliphatic rings. The summed E-state index contributed by atoms with van der Waals surface area (Å²) in [5.41, 5.74) is 0.682. The van der Waals surface area contributed by atoms with Gasteiger partial charge in [0.05, 0.1) is 34.6 Å². The molecule has 0 radical (unpaired) electrons. The summed E-state index contributed by atoms with van der Waals surface area (Å²) in [4.78, 5) is 26.4. The molecule has 3 aromatic rings. The zero-order valence-electron chi connectivity index (χ0n) is 22.9. The number of rotatable bonds is 5. The van der Waals surface area contributed by atoms with Crippen molar-refractivity contribution in [2.24, 2.45) is 0 Å². The standard InChI is InChI=1S/C29H29ClF3N5O4/c1-28(2)41-16-21(42-28)15-40-24-12-19(8-9-34-24)35-27(39)38-20-7-4-10-37(14-20)23-13-22(30)25(36-26(23)38)17-5-3-6-18(11-17)29(31,32)33/h3,5-6,8-9,11-13,20-21H,4,7,10,14-16H2,1-2H3,(H,34,35,39)/t20-,21-/m0/s1. The number of amides is 2. The third-order valence-electron chi connectivity index (χ3n) is 7.42. The van der Waals surface area contributed by atoms with E-state index in [4.69, 9.17) is 30.8 Å². The Labute approximate surface area is 245 Å². The van der Waals surface area contributed by atoms with Crippen molar-refractivity contribution in [1.82, 2.24) is 9.97 Å². The van der Waals surface area contributed by atoms with Gasteiger partial charge in [0.1, 0.15) is 12.7 Å². The Morgan fingerprint density at radius 3 is 2.83 bits per heavy atom. The van der Waals surface area contributed by atoms with Crippen LogP contribution in [0.3, 0.4) is 0 Å². The van der Waals surface area contributed by atoms with Gasteiger partial charge in [-0.05, 0) is 51.0 Å². The lowest BCUT2D eigenvalue weighted by molar-refractivity contribution is -0.141. The van der Waals surface area contributed by atoms with Crippen molar-refractivity contribution in [2.45, 2.75) is 50.8 Å². The van der Waals surface area contributed by atoms with Gasteiger partial charge in [-0.3, -0.25) is 4.90 Å². The number of halogens is 4. The molecule has 2 fully saturated rings. The van der Waals surface area contributed by atoms with Gasteiger partial charge in [0.15, 0.2) is 11.6 Å². The minimum absolute atomic E-state index is 0.168. The lowest BCUT2D eigenvalue weighted by atomic mass is 9.99. The van der Waals surface area contributed by atoms with E-state index in [9.17, 15) is 18.0 Å². The van der Waals surface area contributed by atoms with E-state index in [1.165, 1.54) is 18.3 Å². The van der Waals surface area contributed by atoms with Crippen LogP contribution in [-0.4, -0.2) is 60.2 Å². The highest BCUT2D eigenvalue weighted by atomic mass is 35.5. The van der Waals surface area contributed by atoms with E-state index in [2.05, 4.69) is 15.2 Å². The highest BCUT2D eigenvalue weighted by molar-refractivity contribution is 6.33. The van der Waals surface area contributed by atoms with Crippen LogP contribution in [0, 0.1) is 0 Å². The molecule has 0 aliphatic carbocycles. The number of hydrogen-bond acceptors (Lipinski definition) is 7. The third kappa shape index (κ3) is 5.83. The van der Waals surface area contributed by atoms with Crippen molar-refractivity contribution >= 4 is 34.8 Å². The Balaban J connectivity index is 1.27. The zero-order chi connectivity index (χ0) is 29.6. The summed E-state index contributed by atoms with van der Waals surface area (Å²) in [7, 11) is 0. The van der Waals surface area contributed by atoms with E-state index in [1.807, 2.05) is 13.8 Å². The summed E-state index contributed by atoms with van der Waals surface area (Å²) in [6.45, 7) is 5.64. The van der Waals surface area contributed by atoms with E-state index in [1.54, 1.807) is 23.1 Å². The number of benzene rings is 1. The lowest BCUT2D eigenvalue weighted by Crippen LogP contribution is -2.56. The van der Waals surface area contributed by atoms with E-state index in [0.29, 0.717) is 36.2 Å². The number of fused-ring (bicyclic) bond motifs is 4. The van der Waals surface area contributed by atoms with Gasteiger partial charge in [-0.15, -0.1) is 0 Å². The molecule has 1 N–H and O–H groups in total. The topological polar surface area (TPSA) is 89.1 Å². The van der Waals surface area contributed by atoms with Crippen molar-refractivity contribution in [3.63, 3.8) is 0 Å². The lowest BCUT2D eigenvalue weighted by Gasteiger charge is -2.46. The molecule has 2 bridgehead atoms. The fourth-order valence-electron chi connectivity index (χ4n) is 5.52. The Hall–Kier alpha value is -3.61. The maximum absolute atomic E-state index is 13.8. The molecule has 2 aromatic heterocycles. The Morgan fingerprint density at radius 2 is 2.07 bits per heavy atom. The minimum Gasteiger partial charge on any atom is -0.475 e. The molecular weight excluding hydrogens is 575 g/mol. The van der Waals surface area contributed by atoms with Crippen LogP contribution >= 0.6 is 11.6 Å². The predicted octanol–water partition coefficient (Wildman–Crippen LogP) is 6.37. The highest BCUT2D eigenvalue weighted by Crippen LogP contribution is 2.43. The fourth-order valence-corrected chi connectivity index (χ4v) is 5.77. The van der Waals surface area contributed by atoms with Crippen LogP contribution in [0.2, 0.25) is 5.02 Å². The average molecular weight is 604 g/mol. The highest BCUT2D eigenvalue weighted by Gasteiger charge is 2.39. The van der Waals surface area contributed by atoms with E-state index in [0.717, 1.165) is 31.5 Å². The summed E-state index contributed by atoms with van der Waals surface area (Å²) >= 11 is 6.58. The molecule has 222 valence electrons. The Morgan fingerprint density at radius 1 is 1.24 bits per heavy atom. The third-order valence-corrected chi connectivity index (χ3v) is 7.71. The number of carbonyl (C=O) groups excluding carboxylic acids is 1. The minimum atomic E-state index is -4.52. The molecule has 1 aromatic carbocycles. The van der Waals surface area contributed by atoms with Crippen LogP contribution in [0.15, 0.2) is 48.7 Å². The Kier molecular flexibility index (Phi) is 7.40. The summed E-state index contributed by atoms with van der Waals surface area (Å²) in [5, 5.41) is 3.11. The number of hydrogen-bond donors (Lipinski definition) is 1. The summed E-state index contributed by atoms with van der Waals surface area (Å²) in [6, 6.07) is 9.15. The molecule has 0 unspecified atom stereocenters. The second-order valence-corrected chi connectivity index (χ2v) is 11.3. The van der Waals surface area contributed by atoms with E-state index in [-0.39, 0.29) is 35.0 Å². The number of pyridine rings is 2. The van der Waals surface area contributed by atoms with Gasteiger partial charge in [0.25, 0.3) is 0 Å². The van der Waals surface area contributed by atoms with Gasteiger partial charge in [-0.1, -0.05) is 23.7 Å². The molecule has 2 atom stereocenters. The first-order chi connectivity index (χ1) is 20.0. The number of alkyl halides is 3. The summed E-state index contributed by atoms with van der Waals surface area (Å²) in [5.74, 6) is -0.0248.